The lowest BCUT2D eigenvalue weighted by molar-refractivity contribution is 0.0810. The van der Waals surface area contributed by atoms with E-state index in [1.807, 2.05) is 6.07 Å². The smallest absolute Gasteiger partial charge is 0.0594 e. The summed E-state index contributed by atoms with van der Waals surface area (Å²) in [5.74, 6) is 0. The first kappa shape index (κ1) is 12.2. The van der Waals surface area contributed by atoms with Gasteiger partial charge in [-0.15, -0.1) is 0 Å². The summed E-state index contributed by atoms with van der Waals surface area (Å²) in [6.45, 7) is 6.87. The fraction of sp³-hybridized carbons (Fsp3) is 0.538. The van der Waals surface area contributed by atoms with Crippen molar-refractivity contribution in [2.75, 3.05) is 19.7 Å². The lowest BCUT2D eigenvalue weighted by Gasteiger charge is -2.08. The fourth-order valence-corrected chi connectivity index (χ4v) is 1.37. The van der Waals surface area contributed by atoms with Gasteiger partial charge in [0.2, 0.25) is 0 Å². The third-order valence-corrected chi connectivity index (χ3v) is 2.16. The topological polar surface area (TPSA) is 21.3 Å². The standard InChI is InChI=1S/C13H21NO/c1-12(2)15-11-10-14-9-8-13-6-4-3-5-7-13/h3-7,12,14H,8-11H2,1-2H3. The molecule has 0 spiro atoms. The molecule has 0 unspecified atom stereocenters. The Morgan fingerprint density at radius 2 is 1.87 bits per heavy atom. The van der Waals surface area contributed by atoms with Crippen LogP contribution in [0.4, 0.5) is 0 Å². The maximum Gasteiger partial charge on any atom is 0.0594 e. The zero-order valence-electron chi connectivity index (χ0n) is 9.70. The van der Waals surface area contributed by atoms with E-state index >= 15 is 0 Å². The highest BCUT2D eigenvalue weighted by molar-refractivity contribution is 5.14. The van der Waals surface area contributed by atoms with Gasteiger partial charge in [0, 0.05) is 6.54 Å². The second-order valence-electron chi connectivity index (χ2n) is 3.91. The summed E-state index contributed by atoms with van der Waals surface area (Å²) < 4.78 is 5.43. The summed E-state index contributed by atoms with van der Waals surface area (Å²) in [4.78, 5) is 0. The van der Waals surface area contributed by atoms with Gasteiger partial charge >= 0.3 is 0 Å². The SMILES string of the molecule is CC(C)OCCNCCc1ccccc1. The maximum atomic E-state index is 5.43. The summed E-state index contributed by atoms with van der Waals surface area (Å²) >= 11 is 0. The van der Waals surface area contributed by atoms with Crippen LogP contribution in [0.2, 0.25) is 0 Å². The Morgan fingerprint density at radius 3 is 2.53 bits per heavy atom. The van der Waals surface area contributed by atoms with E-state index in [9.17, 15) is 0 Å². The molecule has 84 valence electrons. The van der Waals surface area contributed by atoms with E-state index < -0.39 is 0 Å². The number of ether oxygens (including phenoxy) is 1. The number of hydrogen-bond donors (Lipinski definition) is 1. The molecule has 0 amide bonds. The monoisotopic (exact) mass is 207 g/mol. The van der Waals surface area contributed by atoms with Gasteiger partial charge in [-0.2, -0.15) is 0 Å². The number of nitrogens with one attached hydrogen (secondary N) is 1. The Balaban J connectivity index is 1.98. The lowest BCUT2D eigenvalue weighted by atomic mass is 10.1. The molecule has 0 aliphatic heterocycles. The molecule has 0 fully saturated rings. The van der Waals surface area contributed by atoms with Crippen LogP contribution in [0.15, 0.2) is 30.3 Å². The van der Waals surface area contributed by atoms with Gasteiger partial charge < -0.3 is 10.1 Å². The highest BCUT2D eigenvalue weighted by Crippen LogP contribution is 1.97. The van der Waals surface area contributed by atoms with Gasteiger partial charge in [0.1, 0.15) is 0 Å². The van der Waals surface area contributed by atoms with E-state index in [0.717, 1.165) is 26.1 Å². The van der Waals surface area contributed by atoms with Crippen LogP contribution in [-0.4, -0.2) is 25.8 Å². The van der Waals surface area contributed by atoms with Crippen molar-refractivity contribution in [1.82, 2.24) is 5.32 Å². The Kier molecular flexibility index (Phi) is 6.05. The summed E-state index contributed by atoms with van der Waals surface area (Å²) in [5, 5.41) is 3.36. The van der Waals surface area contributed by atoms with Gasteiger partial charge in [0.05, 0.1) is 12.7 Å². The molecule has 2 nitrogen and oxygen atoms in total. The minimum absolute atomic E-state index is 0.334. The zero-order chi connectivity index (χ0) is 10.9. The molecule has 1 aromatic carbocycles. The Hall–Kier alpha value is -0.860. The van der Waals surface area contributed by atoms with E-state index in [2.05, 4.69) is 43.4 Å². The normalized spacial score (nSPS) is 10.9. The van der Waals surface area contributed by atoms with Crippen LogP contribution in [0.25, 0.3) is 0 Å². The number of hydrogen-bond acceptors (Lipinski definition) is 2. The molecule has 0 radical (unpaired) electrons. The Bertz CT molecular complexity index is 246. The van der Waals surface area contributed by atoms with Gasteiger partial charge in [-0.05, 0) is 32.4 Å². The van der Waals surface area contributed by atoms with Crippen molar-refractivity contribution in [3.63, 3.8) is 0 Å². The van der Waals surface area contributed by atoms with Gasteiger partial charge in [-0.1, -0.05) is 30.3 Å². The Labute approximate surface area is 92.6 Å². The van der Waals surface area contributed by atoms with Crippen molar-refractivity contribution in [1.29, 1.82) is 0 Å². The van der Waals surface area contributed by atoms with Crippen LogP contribution in [0.1, 0.15) is 19.4 Å². The molecule has 1 N–H and O–H groups in total. The molecule has 0 heterocycles. The predicted octanol–water partition coefficient (Wildman–Crippen LogP) is 2.24. The van der Waals surface area contributed by atoms with E-state index in [1.165, 1.54) is 5.56 Å². The number of benzene rings is 1. The highest BCUT2D eigenvalue weighted by Gasteiger charge is 1.93. The van der Waals surface area contributed by atoms with E-state index in [4.69, 9.17) is 4.74 Å². The van der Waals surface area contributed by atoms with Crippen LogP contribution in [0, 0.1) is 0 Å². The van der Waals surface area contributed by atoms with Crippen molar-refractivity contribution in [3.8, 4) is 0 Å². The number of rotatable bonds is 7. The van der Waals surface area contributed by atoms with Gasteiger partial charge in [-0.3, -0.25) is 0 Å². The average molecular weight is 207 g/mol. The first-order valence-electron chi connectivity index (χ1n) is 5.65. The third kappa shape index (κ3) is 6.26. The molecule has 0 aromatic heterocycles. The molecule has 1 rings (SSSR count). The summed E-state index contributed by atoms with van der Waals surface area (Å²) in [6.07, 6.45) is 1.42. The molecule has 0 saturated carbocycles. The zero-order valence-corrected chi connectivity index (χ0v) is 9.70. The minimum Gasteiger partial charge on any atom is -0.377 e. The largest absolute Gasteiger partial charge is 0.377 e. The highest BCUT2D eigenvalue weighted by atomic mass is 16.5. The van der Waals surface area contributed by atoms with Crippen LogP contribution in [-0.2, 0) is 11.2 Å². The van der Waals surface area contributed by atoms with Gasteiger partial charge in [0.15, 0.2) is 0 Å². The molecule has 0 aliphatic carbocycles. The average Bonchev–Trinajstić information content (AvgIpc) is 2.24. The van der Waals surface area contributed by atoms with Crippen molar-refractivity contribution in [3.05, 3.63) is 35.9 Å². The van der Waals surface area contributed by atoms with Gasteiger partial charge in [-0.25, -0.2) is 0 Å². The first-order valence-corrected chi connectivity index (χ1v) is 5.65. The summed E-state index contributed by atoms with van der Waals surface area (Å²) in [6, 6.07) is 10.5. The van der Waals surface area contributed by atoms with Crippen molar-refractivity contribution in [2.45, 2.75) is 26.4 Å². The predicted molar refractivity (Wildman–Crippen MR) is 64.1 cm³/mol. The minimum atomic E-state index is 0.334. The maximum absolute atomic E-state index is 5.43. The molecule has 2 heteroatoms. The summed E-state index contributed by atoms with van der Waals surface area (Å²) in [7, 11) is 0. The second-order valence-corrected chi connectivity index (χ2v) is 3.91. The molecule has 1 aromatic rings. The fourth-order valence-electron chi connectivity index (χ4n) is 1.37. The molecule has 0 bridgehead atoms. The molecule has 0 aliphatic rings. The lowest BCUT2D eigenvalue weighted by Crippen LogP contribution is -2.23. The quantitative estimate of drug-likeness (QED) is 0.692. The molecular weight excluding hydrogens is 186 g/mol. The molecule has 15 heavy (non-hydrogen) atoms. The van der Waals surface area contributed by atoms with E-state index in [-0.39, 0.29) is 0 Å². The van der Waals surface area contributed by atoms with Crippen molar-refractivity contribution in [2.24, 2.45) is 0 Å². The van der Waals surface area contributed by atoms with E-state index in [1.54, 1.807) is 0 Å². The molecule has 0 atom stereocenters. The first-order chi connectivity index (χ1) is 7.29. The van der Waals surface area contributed by atoms with Crippen LogP contribution >= 0.6 is 0 Å². The van der Waals surface area contributed by atoms with Crippen LogP contribution in [0.3, 0.4) is 0 Å². The third-order valence-electron chi connectivity index (χ3n) is 2.16. The Morgan fingerprint density at radius 1 is 1.13 bits per heavy atom. The van der Waals surface area contributed by atoms with Crippen molar-refractivity contribution < 1.29 is 4.74 Å². The second kappa shape index (κ2) is 7.43. The van der Waals surface area contributed by atoms with Gasteiger partial charge in [0.25, 0.3) is 0 Å². The van der Waals surface area contributed by atoms with Crippen LogP contribution in [0.5, 0.6) is 0 Å². The summed E-state index contributed by atoms with van der Waals surface area (Å²) in [5.41, 5.74) is 1.38. The van der Waals surface area contributed by atoms with Crippen molar-refractivity contribution >= 4 is 0 Å². The molecule has 0 saturated heterocycles. The molecular formula is C13H21NO. The van der Waals surface area contributed by atoms with E-state index in [0.29, 0.717) is 6.10 Å². The van der Waals surface area contributed by atoms with Crippen LogP contribution < -0.4 is 5.32 Å².